The van der Waals surface area contributed by atoms with Crippen molar-refractivity contribution in [2.45, 2.75) is 44.6 Å². The molecule has 11 heavy (non-hydrogen) atoms. The normalized spacial score (nSPS) is 39.0. The monoisotopic (exact) mass is 176 g/mol. The lowest BCUT2D eigenvalue weighted by molar-refractivity contribution is -0.0425. The van der Waals surface area contributed by atoms with Crippen molar-refractivity contribution in [3.05, 3.63) is 0 Å². The highest BCUT2D eigenvalue weighted by Crippen LogP contribution is 2.36. The number of hydrogen-bond donors (Lipinski definition) is 1. The van der Waals surface area contributed by atoms with Gasteiger partial charge < -0.3 is 5.11 Å². The van der Waals surface area contributed by atoms with Crippen LogP contribution in [-0.4, -0.2) is 16.6 Å². The van der Waals surface area contributed by atoms with E-state index in [9.17, 15) is 5.11 Å². The van der Waals surface area contributed by atoms with E-state index in [1.807, 2.05) is 6.92 Å². The van der Waals surface area contributed by atoms with Crippen LogP contribution in [0.3, 0.4) is 0 Å². The molecule has 2 atom stereocenters. The number of halogens is 1. The second kappa shape index (κ2) is 3.77. The van der Waals surface area contributed by atoms with Gasteiger partial charge in [0.15, 0.2) is 0 Å². The van der Waals surface area contributed by atoms with Crippen molar-refractivity contribution < 1.29 is 5.11 Å². The molecule has 0 unspecified atom stereocenters. The maximum absolute atomic E-state index is 10.1. The molecule has 0 aromatic heterocycles. The molecule has 0 bridgehead atoms. The fourth-order valence-electron chi connectivity index (χ4n) is 1.98. The van der Waals surface area contributed by atoms with Crippen LogP contribution in [0.15, 0.2) is 0 Å². The minimum Gasteiger partial charge on any atom is -0.390 e. The number of alkyl halides is 1. The molecule has 2 heteroatoms. The Morgan fingerprint density at radius 3 is 2.73 bits per heavy atom. The van der Waals surface area contributed by atoms with Gasteiger partial charge in [0.2, 0.25) is 0 Å². The first-order chi connectivity index (χ1) is 5.23. The highest BCUT2D eigenvalue weighted by atomic mass is 35.5. The molecule has 0 heterocycles. The van der Waals surface area contributed by atoms with Gasteiger partial charge in [-0.25, -0.2) is 0 Å². The molecule has 0 aliphatic heterocycles. The molecule has 1 N–H and O–H groups in total. The van der Waals surface area contributed by atoms with E-state index in [1.54, 1.807) is 0 Å². The molecule has 1 aliphatic rings. The summed E-state index contributed by atoms with van der Waals surface area (Å²) in [7, 11) is 0. The summed E-state index contributed by atoms with van der Waals surface area (Å²) in [4.78, 5) is 0. The molecule has 1 fully saturated rings. The summed E-state index contributed by atoms with van der Waals surface area (Å²) in [5, 5.41) is 10.1. The number of aliphatic hydroxyl groups is 1. The fourth-order valence-corrected chi connectivity index (χ4v) is 2.42. The van der Waals surface area contributed by atoms with Crippen molar-refractivity contribution in [2.75, 3.05) is 5.88 Å². The van der Waals surface area contributed by atoms with Gasteiger partial charge in [0.05, 0.1) is 5.60 Å². The summed E-state index contributed by atoms with van der Waals surface area (Å²) in [5.41, 5.74) is -0.444. The van der Waals surface area contributed by atoms with Crippen molar-refractivity contribution >= 4 is 11.6 Å². The molecule has 0 spiro atoms. The molecule has 1 rings (SSSR count). The van der Waals surface area contributed by atoms with Crippen LogP contribution < -0.4 is 0 Å². The van der Waals surface area contributed by atoms with Crippen LogP contribution in [0.4, 0.5) is 0 Å². The Hall–Kier alpha value is 0.250. The maximum Gasteiger partial charge on any atom is 0.0684 e. The van der Waals surface area contributed by atoms with Gasteiger partial charge in [0.1, 0.15) is 0 Å². The zero-order valence-corrected chi connectivity index (χ0v) is 7.90. The average molecular weight is 177 g/mol. The first-order valence-corrected chi connectivity index (χ1v) is 5.04. The van der Waals surface area contributed by atoms with E-state index < -0.39 is 5.60 Å². The van der Waals surface area contributed by atoms with Crippen molar-refractivity contribution in [2.24, 2.45) is 5.92 Å². The Balaban J connectivity index is 2.57. The smallest absolute Gasteiger partial charge is 0.0684 e. The van der Waals surface area contributed by atoms with E-state index in [0.29, 0.717) is 11.8 Å². The molecule has 0 saturated heterocycles. The third-order valence-electron chi connectivity index (χ3n) is 2.97. The van der Waals surface area contributed by atoms with E-state index in [0.717, 1.165) is 25.7 Å². The average Bonchev–Trinajstić information content (AvgIpc) is 2.05. The summed E-state index contributed by atoms with van der Waals surface area (Å²) < 4.78 is 0. The predicted octanol–water partition coefficient (Wildman–Crippen LogP) is 2.56. The second-order valence-corrected chi connectivity index (χ2v) is 3.86. The summed E-state index contributed by atoms with van der Waals surface area (Å²) in [6.07, 6.45) is 5.30. The second-order valence-electron chi connectivity index (χ2n) is 3.55. The van der Waals surface area contributed by atoms with Gasteiger partial charge in [-0.15, -0.1) is 11.6 Å². The van der Waals surface area contributed by atoms with Crippen LogP contribution in [0, 0.1) is 5.92 Å². The van der Waals surface area contributed by atoms with E-state index in [4.69, 9.17) is 11.6 Å². The topological polar surface area (TPSA) is 20.2 Å². The largest absolute Gasteiger partial charge is 0.390 e. The molecule has 66 valence electrons. The van der Waals surface area contributed by atoms with Gasteiger partial charge in [-0.3, -0.25) is 0 Å². The van der Waals surface area contributed by atoms with E-state index in [1.165, 1.54) is 6.42 Å². The first kappa shape index (κ1) is 9.34. The van der Waals surface area contributed by atoms with Gasteiger partial charge in [0.25, 0.3) is 0 Å². The van der Waals surface area contributed by atoms with Crippen LogP contribution >= 0.6 is 11.6 Å². The molecule has 0 aromatic rings. The van der Waals surface area contributed by atoms with Crippen molar-refractivity contribution in [1.82, 2.24) is 0 Å². The molecular formula is C9H17ClO. The SMILES string of the molecule is CC[C@]1(O)CCCC[C@H]1CCl. The van der Waals surface area contributed by atoms with Gasteiger partial charge in [-0.05, 0) is 19.3 Å². The molecule has 0 radical (unpaired) electrons. The molecule has 0 aromatic carbocycles. The third-order valence-corrected chi connectivity index (χ3v) is 3.34. The zero-order chi connectivity index (χ0) is 8.32. The molecular weight excluding hydrogens is 160 g/mol. The highest BCUT2D eigenvalue weighted by Gasteiger charge is 2.36. The lowest BCUT2D eigenvalue weighted by Crippen LogP contribution is -2.40. The number of hydrogen-bond acceptors (Lipinski definition) is 1. The lowest BCUT2D eigenvalue weighted by Gasteiger charge is -2.38. The minimum atomic E-state index is -0.444. The highest BCUT2D eigenvalue weighted by molar-refractivity contribution is 6.18. The van der Waals surface area contributed by atoms with Crippen LogP contribution in [-0.2, 0) is 0 Å². The van der Waals surface area contributed by atoms with Crippen molar-refractivity contribution in [1.29, 1.82) is 0 Å². The Bertz CT molecular complexity index is 127. The predicted molar refractivity (Wildman–Crippen MR) is 47.9 cm³/mol. The Labute approximate surface area is 73.8 Å². The minimum absolute atomic E-state index is 0.336. The van der Waals surface area contributed by atoms with Crippen LogP contribution in [0.25, 0.3) is 0 Å². The Morgan fingerprint density at radius 1 is 1.55 bits per heavy atom. The summed E-state index contributed by atoms with van der Waals surface area (Å²) in [5.74, 6) is 0.951. The van der Waals surface area contributed by atoms with E-state index in [2.05, 4.69) is 0 Å². The summed E-state index contributed by atoms with van der Waals surface area (Å²) in [6.45, 7) is 2.05. The zero-order valence-electron chi connectivity index (χ0n) is 7.15. The van der Waals surface area contributed by atoms with Crippen molar-refractivity contribution in [3.63, 3.8) is 0 Å². The van der Waals surface area contributed by atoms with Crippen molar-refractivity contribution in [3.8, 4) is 0 Å². The maximum atomic E-state index is 10.1. The van der Waals surface area contributed by atoms with Crippen LogP contribution in [0.1, 0.15) is 39.0 Å². The third kappa shape index (κ3) is 1.88. The molecule has 1 nitrogen and oxygen atoms in total. The van der Waals surface area contributed by atoms with Gasteiger partial charge in [-0.2, -0.15) is 0 Å². The van der Waals surface area contributed by atoms with Gasteiger partial charge >= 0.3 is 0 Å². The quantitative estimate of drug-likeness (QED) is 0.642. The standard InChI is InChI=1S/C9H17ClO/c1-2-9(11)6-4-3-5-8(9)7-10/h8,11H,2-7H2,1H3/t8-,9-/m0/s1. The number of rotatable bonds is 2. The fraction of sp³-hybridized carbons (Fsp3) is 1.00. The first-order valence-electron chi connectivity index (χ1n) is 4.51. The Kier molecular flexibility index (Phi) is 3.20. The van der Waals surface area contributed by atoms with E-state index in [-0.39, 0.29) is 0 Å². The lowest BCUT2D eigenvalue weighted by atomic mass is 9.75. The summed E-state index contributed by atoms with van der Waals surface area (Å²) in [6, 6.07) is 0. The van der Waals surface area contributed by atoms with Gasteiger partial charge in [-0.1, -0.05) is 19.8 Å². The summed E-state index contributed by atoms with van der Waals surface area (Å²) >= 11 is 5.78. The van der Waals surface area contributed by atoms with Crippen LogP contribution in [0.5, 0.6) is 0 Å². The van der Waals surface area contributed by atoms with E-state index >= 15 is 0 Å². The van der Waals surface area contributed by atoms with Gasteiger partial charge in [0, 0.05) is 11.8 Å². The molecule has 1 aliphatic carbocycles. The molecule has 1 saturated carbocycles. The Morgan fingerprint density at radius 2 is 2.27 bits per heavy atom. The van der Waals surface area contributed by atoms with Crippen LogP contribution in [0.2, 0.25) is 0 Å². The molecule has 0 amide bonds.